The molecule has 0 radical (unpaired) electrons. The monoisotopic (exact) mass is 229 g/mol. The van der Waals surface area contributed by atoms with E-state index >= 15 is 0 Å². The number of hydrogen-bond acceptors (Lipinski definition) is 3. The molecular formula is C10H9F2NO3. The van der Waals surface area contributed by atoms with Crippen LogP contribution in [-0.4, -0.2) is 11.2 Å². The fourth-order valence-electron chi connectivity index (χ4n) is 1.33. The fraction of sp³-hybridized carbons (Fsp3) is 0.300. The molecule has 4 nitrogen and oxygen atoms in total. The van der Waals surface area contributed by atoms with E-state index in [1.54, 1.807) is 0 Å². The van der Waals surface area contributed by atoms with Gasteiger partial charge < -0.3 is 4.79 Å². The fourth-order valence-corrected chi connectivity index (χ4v) is 1.33. The molecule has 0 aliphatic heterocycles. The minimum absolute atomic E-state index is 0.345. The molecule has 0 amide bonds. The number of nitro groups is 1. The summed E-state index contributed by atoms with van der Waals surface area (Å²) in [4.78, 5) is 20.2. The van der Waals surface area contributed by atoms with Crippen molar-refractivity contribution in [2.75, 3.05) is 0 Å². The number of nitrogens with zero attached hydrogens (tertiary/aromatic N) is 1. The zero-order chi connectivity index (χ0) is 12.5. The summed E-state index contributed by atoms with van der Waals surface area (Å²) in [5, 5.41) is 10.5. The predicted octanol–water partition coefficient (Wildman–Crippen LogP) is 2.35. The third-order valence-electron chi connectivity index (χ3n) is 2.21. The van der Waals surface area contributed by atoms with Gasteiger partial charge in [0.1, 0.15) is 12.1 Å². The quantitative estimate of drug-likeness (QED) is 0.454. The van der Waals surface area contributed by atoms with Crippen molar-refractivity contribution < 1.29 is 18.5 Å². The minimum Gasteiger partial charge on any atom is -0.302 e. The van der Waals surface area contributed by atoms with Gasteiger partial charge in [-0.2, -0.15) is 4.39 Å². The van der Waals surface area contributed by atoms with Crippen LogP contribution in [0.3, 0.4) is 0 Å². The van der Waals surface area contributed by atoms with E-state index in [1.807, 2.05) is 0 Å². The maximum Gasteiger partial charge on any atom is 0.305 e. The molecule has 1 aromatic rings. The molecular weight excluding hydrogens is 220 g/mol. The Morgan fingerprint density at radius 3 is 2.38 bits per heavy atom. The highest BCUT2D eigenvalue weighted by Gasteiger charge is 2.32. The highest BCUT2D eigenvalue weighted by molar-refractivity contribution is 5.68. The zero-order valence-corrected chi connectivity index (χ0v) is 8.66. The van der Waals surface area contributed by atoms with Crippen molar-refractivity contribution in [2.24, 2.45) is 0 Å². The number of halogens is 2. The van der Waals surface area contributed by atoms with E-state index in [2.05, 4.69) is 0 Å². The van der Waals surface area contributed by atoms with Gasteiger partial charge in [0, 0.05) is 11.6 Å². The van der Waals surface area contributed by atoms with Crippen molar-refractivity contribution in [3.8, 4) is 0 Å². The zero-order valence-electron chi connectivity index (χ0n) is 8.66. The second-order valence-corrected chi connectivity index (χ2v) is 3.85. The predicted molar refractivity (Wildman–Crippen MR) is 52.1 cm³/mol. The molecule has 1 aromatic carbocycles. The molecule has 0 spiro atoms. The van der Waals surface area contributed by atoms with Crippen LogP contribution in [0.4, 0.5) is 14.5 Å². The van der Waals surface area contributed by atoms with Crippen molar-refractivity contribution in [3.63, 3.8) is 0 Å². The molecule has 0 saturated carbocycles. The first-order valence-electron chi connectivity index (χ1n) is 4.40. The first kappa shape index (κ1) is 12.2. The highest BCUT2D eigenvalue weighted by atomic mass is 19.1. The lowest BCUT2D eigenvalue weighted by molar-refractivity contribution is -0.387. The van der Waals surface area contributed by atoms with Gasteiger partial charge in [0.25, 0.3) is 0 Å². The average molecular weight is 229 g/mol. The van der Waals surface area contributed by atoms with Gasteiger partial charge in [-0.25, -0.2) is 4.39 Å². The third-order valence-corrected chi connectivity index (χ3v) is 2.21. The average Bonchev–Trinajstić information content (AvgIpc) is 2.16. The van der Waals surface area contributed by atoms with Crippen molar-refractivity contribution in [2.45, 2.75) is 19.3 Å². The Morgan fingerprint density at radius 1 is 1.38 bits per heavy atom. The number of rotatable bonds is 3. The second-order valence-electron chi connectivity index (χ2n) is 3.85. The van der Waals surface area contributed by atoms with E-state index in [9.17, 15) is 23.7 Å². The molecule has 16 heavy (non-hydrogen) atoms. The molecule has 86 valence electrons. The summed E-state index contributed by atoms with van der Waals surface area (Å²) in [6, 6.07) is 1.51. The van der Waals surface area contributed by atoms with Crippen molar-refractivity contribution >= 4 is 12.0 Å². The summed E-state index contributed by atoms with van der Waals surface area (Å²) in [5.41, 5.74) is -2.87. The normalized spacial score (nSPS) is 11.2. The van der Waals surface area contributed by atoms with Gasteiger partial charge in [0.2, 0.25) is 5.82 Å². The van der Waals surface area contributed by atoms with Gasteiger partial charge in [-0.1, -0.05) is 0 Å². The number of aldehydes is 1. The van der Waals surface area contributed by atoms with Gasteiger partial charge in [0.05, 0.1) is 10.3 Å². The summed E-state index contributed by atoms with van der Waals surface area (Å²) < 4.78 is 27.0. The van der Waals surface area contributed by atoms with Gasteiger partial charge in [-0.3, -0.25) is 10.1 Å². The summed E-state index contributed by atoms with van der Waals surface area (Å²) in [7, 11) is 0. The van der Waals surface area contributed by atoms with E-state index in [4.69, 9.17) is 0 Å². The summed E-state index contributed by atoms with van der Waals surface area (Å²) in [6.07, 6.45) is 0.345. The van der Waals surface area contributed by atoms with Gasteiger partial charge in [0.15, 0.2) is 0 Å². The lowest BCUT2D eigenvalue weighted by Crippen LogP contribution is -2.23. The van der Waals surface area contributed by atoms with Crippen molar-refractivity contribution in [1.82, 2.24) is 0 Å². The van der Waals surface area contributed by atoms with Crippen LogP contribution in [0.2, 0.25) is 0 Å². The van der Waals surface area contributed by atoms with Crippen LogP contribution in [-0.2, 0) is 10.2 Å². The van der Waals surface area contributed by atoms with Crippen LogP contribution >= 0.6 is 0 Å². The van der Waals surface area contributed by atoms with E-state index < -0.39 is 33.2 Å². The number of carbonyl (C=O) groups excluding carboxylic acids is 1. The number of hydrogen-bond donors (Lipinski definition) is 0. The van der Waals surface area contributed by atoms with E-state index in [1.165, 1.54) is 13.8 Å². The van der Waals surface area contributed by atoms with E-state index in [-0.39, 0.29) is 0 Å². The summed E-state index contributed by atoms with van der Waals surface area (Å²) in [6.45, 7) is 2.57. The third kappa shape index (κ3) is 1.91. The van der Waals surface area contributed by atoms with Crippen molar-refractivity contribution in [1.29, 1.82) is 0 Å². The van der Waals surface area contributed by atoms with E-state index in [0.717, 1.165) is 12.1 Å². The molecule has 0 unspecified atom stereocenters. The van der Waals surface area contributed by atoms with Crippen molar-refractivity contribution in [3.05, 3.63) is 39.4 Å². The molecule has 0 atom stereocenters. The SMILES string of the molecule is CC(C)(C=O)c1c(F)ccc([N+](=O)[O-])c1F. The molecule has 0 N–H and O–H groups in total. The molecule has 0 aliphatic carbocycles. The molecule has 0 aromatic heterocycles. The van der Waals surface area contributed by atoms with Crippen LogP contribution in [0.5, 0.6) is 0 Å². The Labute approximate surface area is 90.0 Å². The Kier molecular flexibility index (Phi) is 3.02. The molecule has 0 bridgehead atoms. The van der Waals surface area contributed by atoms with Crippen LogP contribution in [0.1, 0.15) is 19.4 Å². The Hall–Kier alpha value is -1.85. The smallest absolute Gasteiger partial charge is 0.302 e. The lowest BCUT2D eigenvalue weighted by atomic mass is 9.85. The maximum atomic E-state index is 13.6. The topological polar surface area (TPSA) is 60.2 Å². The molecule has 0 fully saturated rings. The molecule has 0 aliphatic rings. The largest absolute Gasteiger partial charge is 0.305 e. The first-order chi connectivity index (χ1) is 7.31. The highest BCUT2D eigenvalue weighted by Crippen LogP contribution is 2.31. The summed E-state index contributed by atoms with van der Waals surface area (Å²) in [5.74, 6) is -2.28. The van der Waals surface area contributed by atoms with Crippen LogP contribution in [0, 0.1) is 21.7 Å². The van der Waals surface area contributed by atoms with Crippen LogP contribution in [0.15, 0.2) is 12.1 Å². The van der Waals surface area contributed by atoms with Gasteiger partial charge >= 0.3 is 5.69 Å². The number of benzene rings is 1. The molecule has 6 heteroatoms. The molecule has 0 saturated heterocycles. The Bertz CT molecular complexity index is 458. The lowest BCUT2D eigenvalue weighted by Gasteiger charge is -2.18. The minimum atomic E-state index is -1.44. The number of carbonyl (C=O) groups is 1. The van der Waals surface area contributed by atoms with Crippen LogP contribution < -0.4 is 0 Å². The molecule has 1 rings (SSSR count). The summed E-state index contributed by atoms with van der Waals surface area (Å²) >= 11 is 0. The number of nitro benzene ring substituents is 1. The van der Waals surface area contributed by atoms with E-state index in [0.29, 0.717) is 6.29 Å². The maximum absolute atomic E-state index is 13.6. The second kappa shape index (κ2) is 3.96. The Balaban J connectivity index is 3.55. The molecule has 0 heterocycles. The van der Waals surface area contributed by atoms with Gasteiger partial charge in [-0.05, 0) is 19.9 Å². The van der Waals surface area contributed by atoms with Gasteiger partial charge in [-0.15, -0.1) is 0 Å². The first-order valence-corrected chi connectivity index (χ1v) is 4.40. The van der Waals surface area contributed by atoms with Crippen LogP contribution in [0.25, 0.3) is 0 Å². The Morgan fingerprint density at radius 2 is 1.94 bits per heavy atom. The standard InChI is InChI=1S/C10H9F2NO3/c1-10(2,5-14)8-6(11)3-4-7(9(8)12)13(15)16/h3-5H,1-2H3.